The van der Waals surface area contributed by atoms with Crippen LogP contribution < -0.4 is 5.32 Å². The molecule has 0 aliphatic rings. The molecule has 1 atom stereocenters. The lowest BCUT2D eigenvalue weighted by atomic mass is 10.1. The summed E-state index contributed by atoms with van der Waals surface area (Å²) in [5.41, 5.74) is 1.90. The lowest BCUT2D eigenvalue weighted by molar-refractivity contribution is -0.147. The molecule has 0 aliphatic heterocycles. The maximum absolute atomic E-state index is 12.7. The first-order chi connectivity index (χ1) is 13.1. The maximum Gasteiger partial charge on any atom is 0.333 e. The molecule has 4 nitrogen and oxygen atoms in total. The van der Waals surface area contributed by atoms with Gasteiger partial charge in [0.15, 0.2) is 6.04 Å². The van der Waals surface area contributed by atoms with Crippen molar-refractivity contribution in [2.24, 2.45) is 0 Å². The molecule has 136 valence electrons. The van der Waals surface area contributed by atoms with E-state index in [-0.39, 0.29) is 12.5 Å². The zero-order valence-corrected chi connectivity index (χ0v) is 15.2. The number of halogens is 1. The topological polar surface area (TPSA) is 55.4 Å². The highest BCUT2D eigenvalue weighted by Crippen LogP contribution is 2.18. The van der Waals surface area contributed by atoms with Crippen LogP contribution in [-0.4, -0.2) is 11.9 Å². The SMILES string of the molecule is O=C(NC(C(=O)OCc1cccc(Cl)c1)c1ccccc1)c1ccccc1. The van der Waals surface area contributed by atoms with Gasteiger partial charge in [-0.2, -0.15) is 0 Å². The molecular weight excluding hydrogens is 362 g/mol. The van der Waals surface area contributed by atoms with E-state index in [1.54, 1.807) is 66.7 Å². The lowest BCUT2D eigenvalue weighted by Crippen LogP contribution is -2.34. The molecule has 5 heteroatoms. The second-order valence-electron chi connectivity index (χ2n) is 5.92. The van der Waals surface area contributed by atoms with Crippen molar-refractivity contribution in [2.45, 2.75) is 12.6 Å². The molecule has 27 heavy (non-hydrogen) atoms. The van der Waals surface area contributed by atoms with E-state index in [4.69, 9.17) is 16.3 Å². The third-order valence-electron chi connectivity index (χ3n) is 3.95. The Kier molecular flexibility index (Phi) is 6.23. The van der Waals surface area contributed by atoms with Crippen LogP contribution in [0.1, 0.15) is 27.5 Å². The number of carbonyl (C=O) groups is 2. The van der Waals surface area contributed by atoms with E-state index in [1.807, 2.05) is 18.2 Å². The van der Waals surface area contributed by atoms with Crippen molar-refractivity contribution in [3.63, 3.8) is 0 Å². The molecule has 3 rings (SSSR count). The normalized spacial score (nSPS) is 11.4. The number of esters is 1. The number of ether oxygens (including phenoxy) is 1. The summed E-state index contributed by atoms with van der Waals surface area (Å²) in [6.45, 7) is 0.0733. The van der Waals surface area contributed by atoms with E-state index in [9.17, 15) is 9.59 Å². The van der Waals surface area contributed by atoms with Gasteiger partial charge in [-0.15, -0.1) is 0 Å². The van der Waals surface area contributed by atoms with Crippen molar-refractivity contribution in [3.8, 4) is 0 Å². The standard InChI is InChI=1S/C22H18ClNO3/c23-19-13-7-8-16(14-19)15-27-22(26)20(17-9-3-1-4-10-17)24-21(25)18-11-5-2-6-12-18/h1-14,20H,15H2,(H,24,25). The smallest absolute Gasteiger partial charge is 0.333 e. The van der Waals surface area contributed by atoms with Crippen LogP contribution in [0.2, 0.25) is 5.02 Å². The lowest BCUT2D eigenvalue weighted by Gasteiger charge is -2.18. The van der Waals surface area contributed by atoms with Crippen molar-refractivity contribution in [2.75, 3.05) is 0 Å². The summed E-state index contributed by atoms with van der Waals surface area (Å²) in [4.78, 5) is 25.2. The monoisotopic (exact) mass is 379 g/mol. The molecule has 0 spiro atoms. The van der Waals surface area contributed by atoms with Crippen LogP contribution in [0, 0.1) is 0 Å². The van der Waals surface area contributed by atoms with Crippen molar-refractivity contribution in [1.82, 2.24) is 5.32 Å². The van der Waals surface area contributed by atoms with Gasteiger partial charge in [-0.1, -0.05) is 72.3 Å². The maximum atomic E-state index is 12.7. The third-order valence-corrected chi connectivity index (χ3v) is 4.19. The van der Waals surface area contributed by atoms with Crippen LogP contribution in [0.15, 0.2) is 84.9 Å². The van der Waals surface area contributed by atoms with E-state index in [1.165, 1.54) is 0 Å². The molecule has 0 bridgehead atoms. The van der Waals surface area contributed by atoms with E-state index in [0.29, 0.717) is 16.1 Å². The van der Waals surface area contributed by atoms with Crippen molar-refractivity contribution in [1.29, 1.82) is 0 Å². The summed E-state index contributed by atoms with van der Waals surface area (Å²) >= 11 is 5.96. The van der Waals surface area contributed by atoms with Crippen LogP contribution in [0.3, 0.4) is 0 Å². The fraction of sp³-hybridized carbons (Fsp3) is 0.0909. The van der Waals surface area contributed by atoms with Gasteiger partial charge in [-0.05, 0) is 35.4 Å². The molecule has 1 unspecified atom stereocenters. The summed E-state index contributed by atoms with van der Waals surface area (Å²) in [6.07, 6.45) is 0. The minimum absolute atomic E-state index is 0.0733. The molecular formula is C22H18ClNO3. The predicted octanol–water partition coefficient (Wildman–Crippen LogP) is 4.55. The van der Waals surface area contributed by atoms with Crippen LogP contribution >= 0.6 is 11.6 Å². The summed E-state index contributed by atoms with van der Waals surface area (Å²) in [5.74, 6) is -0.880. The number of hydrogen-bond donors (Lipinski definition) is 1. The highest BCUT2D eigenvalue weighted by molar-refractivity contribution is 6.30. The van der Waals surface area contributed by atoms with Crippen molar-refractivity contribution < 1.29 is 14.3 Å². The van der Waals surface area contributed by atoms with Gasteiger partial charge in [0.1, 0.15) is 6.61 Å². The Balaban J connectivity index is 1.75. The average molecular weight is 380 g/mol. The number of benzene rings is 3. The Morgan fingerprint density at radius 3 is 2.22 bits per heavy atom. The summed E-state index contributed by atoms with van der Waals surface area (Å²) in [5, 5.41) is 3.33. The Morgan fingerprint density at radius 2 is 1.56 bits per heavy atom. The molecule has 0 saturated carbocycles. The predicted molar refractivity (Wildman–Crippen MR) is 104 cm³/mol. The van der Waals surface area contributed by atoms with Gasteiger partial charge in [0, 0.05) is 10.6 Å². The van der Waals surface area contributed by atoms with Gasteiger partial charge in [0.05, 0.1) is 0 Å². The van der Waals surface area contributed by atoms with Gasteiger partial charge in [-0.3, -0.25) is 4.79 Å². The Bertz CT molecular complexity index is 913. The zero-order chi connectivity index (χ0) is 19.1. The highest BCUT2D eigenvalue weighted by atomic mass is 35.5. The van der Waals surface area contributed by atoms with Crippen molar-refractivity contribution >= 4 is 23.5 Å². The average Bonchev–Trinajstić information content (AvgIpc) is 2.71. The first-order valence-electron chi connectivity index (χ1n) is 8.45. The van der Waals surface area contributed by atoms with Gasteiger partial charge < -0.3 is 10.1 Å². The molecule has 0 heterocycles. The second kappa shape index (κ2) is 9.01. The molecule has 0 aliphatic carbocycles. The number of hydrogen-bond acceptors (Lipinski definition) is 3. The number of carbonyl (C=O) groups excluding carboxylic acids is 2. The molecule has 1 N–H and O–H groups in total. The van der Waals surface area contributed by atoms with E-state index >= 15 is 0 Å². The van der Waals surface area contributed by atoms with Crippen LogP contribution in [0.5, 0.6) is 0 Å². The van der Waals surface area contributed by atoms with E-state index in [2.05, 4.69) is 5.32 Å². The number of amides is 1. The fourth-order valence-corrected chi connectivity index (χ4v) is 2.81. The molecule has 3 aromatic carbocycles. The van der Waals surface area contributed by atoms with Gasteiger partial charge in [-0.25, -0.2) is 4.79 Å². The van der Waals surface area contributed by atoms with Crippen LogP contribution in [0.25, 0.3) is 0 Å². The van der Waals surface area contributed by atoms with Crippen molar-refractivity contribution in [3.05, 3.63) is 107 Å². The molecule has 0 radical (unpaired) electrons. The molecule has 1 amide bonds. The third kappa shape index (κ3) is 5.19. The van der Waals surface area contributed by atoms with Gasteiger partial charge in [0.2, 0.25) is 0 Å². The zero-order valence-electron chi connectivity index (χ0n) is 14.5. The summed E-state index contributed by atoms with van der Waals surface area (Å²) in [6, 6.07) is 23.9. The second-order valence-corrected chi connectivity index (χ2v) is 6.36. The van der Waals surface area contributed by atoms with Gasteiger partial charge in [0.25, 0.3) is 5.91 Å². The van der Waals surface area contributed by atoms with Gasteiger partial charge >= 0.3 is 5.97 Å². The Morgan fingerprint density at radius 1 is 0.889 bits per heavy atom. The molecule has 0 saturated heterocycles. The number of nitrogens with one attached hydrogen (secondary N) is 1. The highest BCUT2D eigenvalue weighted by Gasteiger charge is 2.24. The molecule has 0 aromatic heterocycles. The van der Waals surface area contributed by atoms with E-state index in [0.717, 1.165) is 5.56 Å². The number of rotatable bonds is 6. The first-order valence-corrected chi connectivity index (χ1v) is 8.83. The molecule has 0 fully saturated rings. The largest absolute Gasteiger partial charge is 0.459 e. The Hall–Kier alpha value is -3.11. The summed E-state index contributed by atoms with van der Waals surface area (Å²) < 4.78 is 5.42. The summed E-state index contributed by atoms with van der Waals surface area (Å²) in [7, 11) is 0. The minimum Gasteiger partial charge on any atom is -0.459 e. The van der Waals surface area contributed by atoms with E-state index < -0.39 is 12.0 Å². The quantitative estimate of drug-likeness (QED) is 0.639. The Labute approximate surface area is 162 Å². The minimum atomic E-state index is -0.905. The fourth-order valence-electron chi connectivity index (χ4n) is 2.59. The first kappa shape index (κ1) is 18.7. The molecule has 3 aromatic rings. The van der Waals surface area contributed by atoms with Crippen LogP contribution in [0.4, 0.5) is 0 Å². The van der Waals surface area contributed by atoms with Crippen LogP contribution in [-0.2, 0) is 16.1 Å².